The van der Waals surface area contributed by atoms with Gasteiger partial charge < -0.3 is 10.2 Å². The van der Waals surface area contributed by atoms with Crippen LogP contribution in [0, 0.1) is 11.8 Å². The van der Waals surface area contributed by atoms with Crippen molar-refractivity contribution in [3.8, 4) is 0 Å². The van der Waals surface area contributed by atoms with E-state index in [-0.39, 0.29) is 5.91 Å². The number of hydrogen-bond acceptors (Lipinski definition) is 2. The molecule has 1 amide bonds. The molecule has 0 bridgehead atoms. The number of nitrogens with zero attached hydrogens (tertiary/aromatic N) is 1. The summed E-state index contributed by atoms with van der Waals surface area (Å²) in [6.07, 6.45) is 3.74. The van der Waals surface area contributed by atoms with E-state index < -0.39 is 0 Å². The van der Waals surface area contributed by atoms with E-state index in [2.05, 4.69) is 31.0 Å². The van der Waals surface area contributed by atoms with E-state index in [9.17, 15) is 4.79 Å². The van der Waals surface area contributed by atoms with Gasteiger partial charge in [0, 0.05) is 17.9 Å². The molecule has 0 aromatic heterocycles. The number of rotatable bonds is 1. The highest BCUT2D eigenvalue weighted by Crippen LogP contribution is 2.31. The standard InChI is InChI=1S/C13H22N2O/c1-9(2)12-13-10(3)6-4-5-7-15(13)8-11(16)14-12/h9-10H,4-8H2,1-3H3,(H,14,16). The minimum Gasteiger partial charge on any atom is -0.364 e. The van der Waals surface area contributed by atoms with Crippen molar-refractivity contribution in [3.63, 3.8) is 0 Å². The Balaban J connectivity index is 2.39. The highest BCUT2D eigenvalue weighted by atomic mass is 16.2. The Hall–Kier alpha value is -0.990. The minimum atomic E-state index is 0.154. The molecule has 1 fully saturated rings. The molecule has 2 heterocycles. The summed E-state index contributed by atoms with van der Waals surface area (Å²) in [6, 6.07) is 0. The van der Waals surface area contributed by atoms with Crippen molar-refractivity contribution in [2.24, 2.45) is 11.8 Å². The summed E-state index contributed by atoms with van der Waals surface area (Å²) in [4.78, 5) is 14.0. The van der Waals surface area contributed by atoms with Crippen molar-refractivity contribution >= 4 is 5.91 Å². The summed E-state index contributed by atoms with van der Waals surface area (Å²) >= 11 is 0. The van der Waals surface area contributed by atoms with E-state index in [1.54, 1.807) is 0 Å². The van der Waals surface area contributed by atoms with E-state index in [1.165, 1.54) is 25.0 Å². The van der Waals surface area contributed by atoms with Crippen LogP contribution >= 0.6 is 0 Å². The second-order valence-electron chi connectivity index (χ2n) is 5.32. The second-order valence-corrected chi connectivity index (χ2v) is 5.32. The lowest BCUT2D eigenvalue weighted by Crippen LogP contribution is -2.45. The summed E-state index contributed by atoms with van der Waals surface area (Å²) < 4.78 is 0. The lowest BCUT2D eigenvalue weighted by Gasteiger charge is -2.36. The Morgan fingerprint density at radius 3 is 2.81 bits per heavy atom. The number of nitrogens with one attached hydrogen (secondary N) is 1. The van der Waals surface area contributed by atoms with Crippen molar-refractivity contribution in [3.05, 3.63) is 11.4 Å². The molecule has 3 heteroatoms. The first-order chi connectivity index (χ1) is 7.59. The molecule has 0 aliphatic carbocycles. The number of carbonyl (C=O) groups excluding carboxylic acids is 1. The van der Waals surface area contributed by atoms with Gasteiger partial charge in [0.05, 0.1) is 6.54 Å². The third-order valence-corrected chi connectivity index (χ3v) is 3.58. The predicted molar refractivity (Wildman–Crippen MR) is 64.6 cm³/mol. The van der Waals surface area contributed by atoms with Gasteiger partial charge in [-0.3, -0.25) is 4.79 Å². The Morgan fingerprint density at radius 2 is 2.12 bits per heavy atom. The molecule has 0 radical (unpaired) electrons. The van der Waals surface area contributed by atoms with Crippen LogP contribution in [-0.2, 0) is 4.79 Å². The maximum atomic E-state index is 11.7. The molecule has 2 aliphatic heterocycles. The van der Waals surface area contributed by atoms with Crippen LogP contribution in [0.25, 0.3) is 0 Å². The van der Waals surface area contributed by atoms with Crippen molar-refractivity contribution in [1.82, 2.24) is 10.2 Å². The second kappa shape index (κ2) is 4.48. The fourth-order valence-corrected chi connectivity index (χ4v) is 2.79. The summed E-state index contributed by atoms with van der Waals surface area (Å²) in [7, 11) is 0. The van der Waals surface area contributed by atoms with Gasteiger partial charge in [0.15, 0.2) is 0 Å². The zero-order valence-electron chi connectivity index (χ0n) is 10.5. The van der Waals surface area contributed by atoms with Gasteiger partial charge in [0.2, 0.25) is 5.91 Å². The molecule has 1 unspecified atom stereocenters. The van der Waals surface area contributed by atoms with Crippen LogP contribution < -0.4 is 5.32 Å². The topological polar surface area (TPSA) is 32.3 Å². The first-order valence-electron chi connectivity index (χ1n) is 6.38. The van der Waals surface area contributed by atoms with Crippen LogP contribution in [-0.4, -0.2) is 23.9 Å². The van der Waals surface area contributed by atoms with Gasteiger partial charge in [-0.2, -0.15) is 0 Å². The summed E-state index contributed by atoms with van der Waals surface area (Å²) in [5, 5.41) is 3.07. The highest BCUT2D eigenvalue weighted by molar-refractivity contribution is 5.81. The van der Waals surface area contributed by atoms with Crippen molar-refractivity contribution < 1.29 is 4.79 Å². The molecule has 0 aromatic carbocycles. The van der Waals surface area contributed by atoms with Gasteiger partial charge in [-0.05, 0) is 24.7 Å². The number of allylic oxidation sites excluding steroid dienone is 2. The van der Waals surface area contributed by atoms with Crippen molar-refractivity contribution in [2.45, 2.75) is 40.0 Å². The maximum Gasteiger partial charge on any atom is 0.243 e. The van der Waals surface area contributed by atoms with E-state index >= 15 is 0 Å². The first kappa shape index (κ1) is 11.5. The molecule has 2 rings (SSSR count). The quantitative estimate of drug-likeness (QED) is 0.737. The Morgan fingerprint density at radius 1 is 1.38 bits per heavy atom. The van der Waals surface area contributed by atoms with Crippen LogP contribution in [0.2, 0.25) is 0 Å². The number of hydrogen-bond donors (Lipinski definition) is 1. The molecule has 1 saturated heterocycles. The van der Waals surface area contributed by atoms with Crippen LogP contribution in [0.15, 0.2) is 11.4 Å². The fourth-order valence-electron chi connectivity index (χ4n) is 2.79. The van der Waals surface area contributed by atoms with E-state index in [4.69, 9.17) is 0 Å². The summed E-state index contributed by atoms with van der Waals surface area (Å²) in [5.74, 6) is 1.14. The smallest absolute Gasteiger partial charge is 0.243 e. The van der Waals surface area contributed by atoms with Crippen molar-refractivity contribution in [2.75, 3.05) is 13.1 Å². The van der Waals surface area contributed by atoms with Gasteiger partial charge in [-0.25, -0.2) is 0 Å². The van der Waals surface area contributed by atoms with Gasteiger partial charge >= 0.3 is 0 Å². The number of carbonyl (C=O) groups is 1. The Kier molecular flexibility index (Phi) is 3.22. The average Bonchev–Trinajstić information content (AvgIpc) is 2.39. The predicted octanol–water partition coefficient (Wildman–Crippen LogP) is 2.11. The Bertz CT molecular complexity index is 320. The molecule has 3 nitrogen and oxygen atoms in total. The van der Waals surface area contributed by atoms with Gasteiger partial charge in [0.1, 0.15) is 0 Å². The summed E-state index contributed by atoms with van der Waals surface area (Å²) in [5.41, 5.74) is 2.55. The van der Waals surface area contributed by atoms with E-state index in [0.717, 1.165) is 12.2 Å². The normalized spacial score (nSPS) is 26.6. The molecular formula is C13H22N2O. The maximum absolute atomic E-state index is 11.7. The van der Waals surface area contributed by atoms with Gasteiger partial charge in [-0.1, -0.05) is 27.2 Å². The minimum absolute atomic E-state index is 0.154. The van der Waals surface area contributed by atoms with Crippen LogP contribution in [0.3, 0.4) is 0 Å². The fraction of sp³-hybridized carbons (Fsp3) is 0.769. The average molecular weight is 222 g/mol. The molecule has 90 valence electrons. The van der Waals surface area contributed by atoms with E-state index in [0.29, 0.717) is 18.4 Å². The summed E-state index contributed by atoms with van der Waals surface area (Å²) in [6.45, 7) is 8.19. The van der Waals surface area contributed by atoms with Crippen LogP contribution in [0.4, 0.5) is 0 Å². The van der Waals surface area contributed by atoms with Gasteiger partial charge in [-0.15, -0.1) is 0 Å². The lowest BCUT2D eigenvalue weighted by atomic mass is 9.95. The molecule has 0 saturated carbocycles. The molecule has 0 spiro atoms. The zero-order valence-corrected chi connectivity index (χ0v) is 10.5. The first-order valence-corrected chi connectivity index (χ1v) is 6.38. The molecule has 1 N–H and O–H groups in total. The largest absolute Gasteiger partial charge is 0.364 e. The monoisotopic (exact) mass is 222 g/mol. The van der Waals surface area contributed by atoms with Crippen molar-refractivity contribution in [1.29, 1.82) is 0 Å². The van der Waals surface area contributed by atoms with E-state index in [1.807, 2.05) is 0 Å². The molecule has 0 aromatic rings. The number of amides is 1. The SMILES string of the molecule is CC(C)C1=C2C(C)CCCCN2CC(=O)N1. The van der Waals surface area contributed by atoms with Gasteiger partial charge in [0.25, 0.3) is 0 Å². The third-order valence-electron chi connectivity index (χ3n) is 3.58. The molecule has 2 aliphatic rings. The molecule has 16 heavy (non-hydrogen) atoms. The Labute approximate surface area is 97.9 Å². The van der Waals surface area contributed by atoms with Crippen LogP contribution in [0.5, 0.6) is 0 Å². The molecular weight excluding hydrogens is 200 g/mol. The molecule has 1 atom stereocenters. The lowest BCUT2D eigenvalue weighted by molar-refractivity contribution is -0.122. The zero-order chi connectivity index (χ0) is 11.7. The highest BCUT2D eigenvalue weighted by Gasteiger charge is 2.30. The van der Waals surface area contributed by atoms with Crippen LogP contribution in [0.1, 0.15) is 40.0 Å². The number of fused-ring (bicyclic) bond motifs is 1. The third kappa shape index (κ3) is 2.08.